The van der Waals surface area contributed by atoms with Crippen molar-refractivity contribution in [1.29, 1.82) is 0 Å². The molecule has 2 aromatic heterocycles. The zero-order valence-corrected chi connectivity index (χ0v) is 23.3. The number of nitrogens with one attached hydrogen (secondary N) is 2. The maximum absolute atomic E-state index is 12.8. The average molecular weight is 514 g/mol. The summed E-state index contributed by atoms with van der Waals surface area (Å²) in [4.78, 5) is 49.7. The number of aromatic amines is 2. The van der Waals surface area contributed by atoms with E-state index in [-0.39, 0.29) is 17.5 Å². The Balaban J connectivity index is 1.39. The molecule has 3 rings (SSSR count). The SMILES string of the molecule is CCCCCCCCCCCCCCCCCCN1c2nc(C)[nH]c(=O)c2Cc2c1[nH]c(=O)n(C)c2=O. The first-order valence-electron chi connectivity index (χ1n) is 14.6. The van der Waals surface area contributed by atoms with Crippen LogP contribution in [0.2, 0.25) is 0 Å². The second-order valence-electron chi connectivity index (χ2n) is 10.7. The lowest BCUT2D eigenvalue weighted by molar-refractivity contribution is 0.529. The summed E-state index contributed by atoms with van der Waals surface area (Å²) in [7, 11) is 1.45. The normalized spacial score (nSPS) is 12.6. The molecule has 2 N–H and O–H groups in total. The first kappa shape index (κ1) is 28.9. The number of fused-ring (bicyclic) bond motifs is 2. The molecular formula is C29H47N5O3. The van der Waals surface area contributed by atoms with Crippen molar-refractivity contribution in [2.75, 3.05) is 11.4 Å². The van der Waals surface area contributed by atoms with Gasteiger partial charge in [0.2, 0.25) is 0 Å². The zero-order valence-electron chi connectivity index (χ0n) is 23.3. The number of unbranched alkanes of at least 4 members (excludes halogenated alkanes) is 15. The van der Waals surface area contributed by atoms with Crippen LogP contribution < -0.4 is 21.7 Å². The van der Waals surface area contributed by atoms with E-state index in [4.69, 9.17) is 0 Å². The van der Waals surface area contributed by atoms with Gasteiger partial charge in [0.1, 0.15) is 17.5 Å². The highest BCUT2D eigenvalue weighted by Crippen LogP contribution is 2.32. The molecule has 1 aliphatic heterocycles. The highest BCUT2D eigenvalue weighted by Gasteiger charge is 2.30. The highest BCUT2D eigenvalue weighted by atomic mass is 16.2. The van der Waals surface area contributed by atoms with Crippen molar-refractivity contribution in [1.82, 2.24) is 19.5 Å². The Morgan fingerprint density at radius 2 is 1.24 bits per heavy atom. The molecule has 0 amide bonds. The quantitative estimate of drug-likeness (QED) is 0.261. The second-order valence-corrected chi connectivity index (χ2v) is 10.7. The molecule has 0 aromatic carbocycles. The lowest BCUT2D eigenvalue weighted by Crippen LogP contribution is -2.42. The molecule has 0 radical (unpaired) electrons. The maximum atomic E-state index is 12.8. The molecule has 3 heterocycles. The third-order valence-corrected chi connectivity index (χ3v) is 7.61. The molecule has 0 spiro atoms. The van der Waals surface area contributed by atoms with E-state index >= 15 is 0 Å². The van der Waals surface area contributed by atoms with Gasteiger partial charge in [-0.3, -0.25) is 19.1 Å². The van der Waals surface area contributed by atoms with E-state index in [0.29, 0.717) is 35.1 Å². The Kier molecular flexibility index (Phi) is 11.7. The summed E-state index contributed by atoms with van der Waals surface area (Å²) in [6.07, 6.45) is 21.0. The van der Waals surface area contributed by atoms with Crippen LogP contribution in [0.5, 0.6) is 0 Å². The van der Waals surface area contributed by atoms with E-state index in [1.165, 1.54) is 96.9 Å². The van der Waals surface area contributed by atoms with E-state index in [2.05, 4.69) is 21.9 Å². The van der Waals surface area contributed by atoms with Gasteiger partial charge in [0.15, 0.2) is 0 Å². The van der Waals surface area contributed by atoms with Gasteiger partial charge in [-0.1, -0.05) is 103 Å². The molecule has 0 saturated heterocycles. The lowest BCUT2D eigenvalue weighted by atomic mass is 10.0. The number of aryl methyl sites for hydroxylation is 1. The molecule has 0 aliphatic carbocycles. The number of rotatable bonds is 17. The number of aromatic nitrogens is 4. The molecule has 8 heteroatoms. The second kappa shape index (κ2) is 14.9. The number of H-pyrrole nitrogens is 2. The van der Waals surface area contributed by atoms with Crippen molar-refractivity contribution in [2.24, 2.45) is 7.05 Å². The molecule has 0 fully saturated rings. The number of anilines is 2. The fraction of sp³-hybridized carbons (Fsp3) is 0.724. The van der Waals surface area contributed by atoms with Crippen LogP contribution in [0, 0.1) is 6.92 Å². The van der Waals surface area contributed by atoms with Gasteiger partial charge in [-0.2, -0.15) is 0 Å². The molecular weight excluding hydrogens is 466 g/mol. The maximum Gasteiger partial charge on any atom is 0.329 e. The number of hydrogen-bond acceptors (Lipinski definition) is 5. The Bertz CT molecular complexity index is 1160. The summed E-state index contributed by atoms with van der Waals surface area (Å²) in [5.41, 5.74) is -0.105. The van der Waals surface area contributed by atoms with Crippen LogP contribution in [0.25, 0.3) is 0 Å². The fourth-order valence-corrected chi connectivity index (χ4v) is 5.34. The first-order chi connectivity index (χ1) is 17.9. The third-order valence-electron chi connectivity index (χ3n) is 7.61. The molecule has 0 saturated carbocycles. The van der Waals surface area contributed by atoms with Crippen molar-refractivity contribution in [2.45, 2.75) is 123 Å². The molecule has 0 bridgehead atoms. The van der Waals surface area contributed by atoms with Crippen LogP contribution >= 0.6 is 0 Å². The van der Waals surface area contributed by atoms with E-state index in [0.717, 1.165) is 17.4 Å². The van der Waals surface area contributed by atoms with Gasteiger partial charge in [-0.15, -0.1) is 0 Å². The van der Waals surface area contributed by atoms with Gasteiger partial charge >= 0.3 is 5.69 Å². The predicted octanol–water partition coefficient (Wildman–Crippen LogP) is 5.77. The van der Waals surface area contributed by atoms with Crippen LogP contribution in [0.3, 0.4) is 0 Å². The van der Waals surface area contributed by atoms with Crippen LogP contribution in [0.4, 0.5) is 11.6 Å². The van der Waals surface area contributed by atoms with Crippen molar-refractivity contribution in [3.05, 3.63) is 48.1 Å². The Hall–Kier alpha value is -2.64. The van der Waals surface area contributed by atoms with E-state index in [9.17, 15) is 14.4 Å². The summed E-state index contributed by atoms with van der Waals surface area (Å²) >= 11 is 0. The van der Waals surface area contributed by atoms with E-state index < -0.39 is 5.69 Å². The molecule has 2 aromatic rings. The van der Waals surface area contributed by atoms with Crippen LogP contribution in [0.1, 0.15) is 127 Å². The van der Waals surface area contributed by atoms with Crippen LogP contribution in [-0.4, -0.2) is 26.1 Å². The number of nitrogens with zero attached hydrogens (tertiary/aromatic N) is 3. The summed E-state index contributed by atoms with van der Waals surface area (Å²) < 4.78 is 1.06. The summed E-state index contributed by atoms with van der Waals surface area (Å²) in [5.74, 6) is 1.56. The monoisotopic (exact) mass is 513 g/mol. The van der Waals surface area contributed by atoms with Gasteiger partial charge in [0.05, 0.1) is 11.1 Å². The third kappa shape index (κ3) is 8.17. The summed E-state index contributed by atoms with van der Waals surface area (Å²) in [6, 6.07) is 0. The van der Waals surface area contributed by atoms with Gasteiger partial charge in [0, 0.05) is 20.0 Å². The molecule has 206 valence electrons. The van der Waals surface area contributed by atoms with Crippen molar-refractivity contribution >= 4 is 11.6 Å². The van der Waals surface area contributed by atoms with Crippen molar-refractivity contribution < 1.29 is 0 Å². The smallest absolute Gasteiger partial charge is 0.312 e. The summed E-state index contributed by atoms with van der Waals surface area (Å²) in [5, 5.41) is 0. The average Bonchev–Trinajstić information content (AvgIpc) is 2.87. The molecule has 8 nitrogen and oxygen atoms in total. The van der Waals surface area contributed by atoms with Crippen LogP contribution in [-0.2, 0) is 13.5 Å². The minimum Gasteiger partial charge on any atom is -0.312 e. The van der Waals surface area contributed by atoms with Crippen molar-refractivity contribution in [3.63, 3.8) is 0 Å². The highest BCUT2D eigenvalue weighted by molar-refractivity contribution is 5.67. The van der Waals surface area contributed by atoms with Crippen molar-refractivity contribution in [3.8, 4) is 0 Å². The van der Waals surface area contributed by atoms with Gasteiger partial charge < -0.3 is 9.88 Å². The minimum absolute atomic E-state index is 0.173. The fourth-order valence-electron chi connectivity index (χ4n) is 5.34. The number of hydrogen-bond donors (Lipinski definition) is 2. The largest absolute Gasteiger partial charge is 0.329 e. The predicted molar refractivity (Wildman–Crippen MR) is 151 cm³/mol. The molecule has 0 atom stereocenters. The molecule has 0 unspecified atom stereocenters. The molecule has 37 heavy (non-hydrogen) atoms. The first-order valence-corrected chi connectivity index (χ1v) is 14.6. The van der Waals surface area contributed by atoms with Gasteiger partial charge in [-0.05, 0) is 13.3 Å². The van der Waals surface area contributed by atoms with E-state index in [1.807, 2.05) is 4.90 Å². The van der Waals surface area contributed by atoms with Gasteiger partial charge in [0.25, 0.3) is 11.1 Å². The van der Waals surface area contributed by atoms with Gasteiger partial charge in [-0.25, -0.2) is 9.78 Å². The topological polar surface area (TPSA) is 104 Å². The zero-order chi connectivity index (χ0) is 26.6. The van der Waals surface area contributed by atoms with E-state index in [1.54, 1.807) is 6.92 Å². The minimum atomic E-state index is -0.453. The Morgan fingerprint density at radius 1 is 0.730 bits per heavy atom. The standard InChI is InChI=1S/C29H47N5O3/c1-4-5-6-7-8-9-10-11-12-13-14-15-16-17-18-19-20-34-25-23(27(35)31-22(2)30-25)21-24-26(34)32-29(37)33(3)28(24)36/h4-21H2,1-3H3,(H,32,37)(H,30,31,35). The molecule has 1 aliphatic rings. The summed E-state index contributed by atoms with van der Waals surface area (Å²) in [6.45, 7) is 4.63. The van der Waals surface area contributed by atoms with Crippen LogP contribution in [0.15, 0.2) is 14.4 Å². The Morgan fingerprint density at radius 3 is 1.78 bits per heavy atom. The lowest BCUT2D eigenvalue weighted by Gasteiger charge is -2.31. The Labute approximate surface area is 220 Å².